The number of aliphatic hydroxyl groups excluding tert-OH is 1. The van der Waals surface area contributed by atoms with Gasteiger partial charge in [0.05, 0.1) is 6.10 Å². The predicted octanol–water partition coefficient (Wildman–Crippen LogP) is 0.0510. The summed E-state index contributed by atoms with van der Waals surface area (Å²) in [7, 11) is 0. The third kappa shape index (κ3) is 2.03. The maximum Gasteiger partial charge on any atom is 0.0679 e. The average molecular weight is 184 g/mol. The summed E-state index contributed by atoms with van der Waals surface area (Å²) >= 11 is 0. The largest absolute Gasteiger partial charge is 0.392 e. The molecule has 2 heterocycles. The lowest BCUT2D eigenvalue weighted by atomic mass is 9.99. The molecular formula is C10H20N2O. The van der Waals surface area contributed by atoms with Crippen LogP contribution in [-0.2, 0) is 0 Å². The number of nitrogens with zero attached hydrogens (tertiary/aromatic N) is 1. The maximum absolute atomic E-state index is 9.43. The highest BCUT2D eigenvalue weighted by Crippen LogP contribution is 2.21. The van der Waals surface area contributed by atoms with Crippen molar-refractivity contribution in [3.05, 3.63) is 0 Å². The fourth-order valence-corrected chi connectivity index (χ4v) is 2.52. The zero-order chi connectivity index (χ0) is 9.26. The van der Waals surface area contributed by atoms with E-state index in [-0.39, 0.29) is 6.10 Å². The van der Waals surface area contributed by atoms with Gasteiger partial charge in [-0.2, -0.15) is 0 Å². The van der Waals surface area contributed by atoms with Crippen LogP contribution in [0.1, 0.15) is 19.8 Å². The first kappa shape index (κ1) is 9.44. The van der Waals surface area contributed by atoms with Crippen LogP contribution in [0.2, 0.25) is 0 Å². The van der Waals surface area contributed by atoms with Gasteiger partial charge in [0.25, 0.3) is 0 Å². The van der Waals surface area contributed by atoms with Gasteiger partial charge in [0.1, 0.15) is 0 Å². The fraction of sp³-hybridized carbons (Fsp3) is 1.00. The van der Waals surface area contributed by atoms with E-state index in [0.717, 1.165) is 32.0 Å². The van der Waals surface area contributed by atoms with Gasteiger partial charge >= 0.3 is 0 Å². The van der Waals surface area contributed by atoms with Gasteiger partial charge in [-0.1, -0.05) is 0 Å². The summed E-state index contributed by atoms with van der Waals surface area (Å²) in [6.07, 6.45) is 2.19. The molecule has 0 aromatic carbocycles. The molecule has 0 aromatic heterocycles. The average Bonchev–Trinajstić information content (AvgIpc) is 2.72. The van der Waals surface area contributed by atoms with Crippen molar-refractivity contribution in [3.63, 3.8) is 0 Å². The summed E-state index contributed by atoms with van der Waals surface area (Å²) in [4.78, 5) is 2.43. The molecule has 2 rings (SSSR count). The Kier molecular flexibility index (Phi) is 2.86. The summed E-state index contributed by atoms with van der Waals surface area (Å²) in [5.41, 5.74) is 0. The number of rotatable bonds is 2. The van der Waals surface area contributed by atoms with Crippen molar-refractivity contribution in [1.82, 2.24) is 10.2 Å². The number of β-amino-alcohol motifs (C(OH)–C–C–N with tert-alkyl or cyclic N) is 1. The lowest BCUT2D eigenvalue weighted by molar-refractivity contribution is 0.145. The second kappa shape index (κ2) is 3.95. The Hall–Kier alpha value is -0.120. The molecule has 13 heavy (non-hydrogen) atoms. The molecule has 0 saturated carbocycles. The highest BCUT2D eigenvalue weighted by atomic mass is 16.3. The molecule has 2 saturated heterocycles. The molecule has 0 radical (unpaired) electrons. The van der Waals surface area contributed by atoms with E-state index >= 15 is 0 Å². The first-order valence-corrected chi connectivity index (χ1v) is 5.40. The Morgan fingerprint density at radius 2 is 2.31 bits per heavy atom. The van der Waals surface area contributed by atoms with Crippen molar-refractivity contribution in [3.8, 4) is 0 Å². The van der Waals surface area contributed by atoms with Crippen molar-refractivity contribution in [1.29, 1.82) is 0 Å². The van der Waals surface area contributed by atoms with E-state index in [9.17, 15) is 5.11 Å². The third-order valence-corrected chi connectivity index (χ3v) is 3.55. The van der Waals surface area contributed by atoms with Gasteiger partial charge in [-0.25, -0.2) is 0 Å². The Bertz CT molecular complexity index is 168. The van der Waals surface area contributed by atoms with Crippen molar-refractivity contribution >= 4 is 0 Å². The highest BCUT2D eigenvalue weighted by Gasteiger charge is 2.30. The Balaban J connectivity index is 1.85. The van der Waals surface area contributed by atoms with Crippen LogP contribution in [-0.4, -0.2) is 48.3 Å². The zero-order valence-electron chi connectivity index (χ0n) is 8.37. The normalized spacial score (nSPS) is 38.3. The van der Waals surface area contributed by atoms with Crippen LogP contribution in [0, 0.1) is 5.92 Å². The van der Waals surface area contributed by atoms with Crippen LogP contribution >= 0.6 is 0 Å². The molecular weight excluding hydrogens is 164 g/mol. The molecule has 3 heteroatoms. The monoisotopic (exact) mass is 184 g/mol. The molecule has 0 aliphatic carbocycles. The number of nitrogens with one attached hydrogen (secondary N) is 1. The van der Waals surface area contributed by atoms with E-state index in [2.05, 4.69) is 17.1 Å². The Labute approximate surface area is 80.1 Å². The minimum absolute atomic E-state index is 0.0724. The van der Waals surface area contributed by atoms with Gasteiger partial charge in [0, 0.05) is 19.1 Å². The molecule has 3 nitrogen and oxygen atoms in total. The summed E-state index contributed by atoms with van der Waals surface area (Å²) in [6.45, 7) is 6.60. The molecule has 0 amide bonds. The molecule has 0 bridgehead atoms. The van der Waals surface area contributed by atoms with E-state index in [4.69, 9.17) is 0 Å². The lowest BCUT2D eigenvalue weighted by Gasteiger charge is -2.28. The quantitative estimate of drug-likeness (QED) is 0.636. The van der Waals surface area contributed by atoms with Gasteiger partial charge < -0.3 is 10.4 Å². The molecule has 0 aromatic rings. The Morgan fingerprint density at radius 1 is 1.46 bits per heavy atom. The van der Waals surface area contributed by atoms with Crippen LogP contribution in [0.3, 0.4) is 0 Å². The van der Waals surface area contributed by atoms with Crippen molar-refractivity contribution < 1.29 is 5.11 Å². The van der Waals surface area contributed by atoms with Gasteiger partial charge in [0.2, 0.25) is 0 Å². The van der Waals surface area contributed by atoms with Crippen LogP contribution in [0.4, 0.5) is 0 Å². The molecule has 3 atom stereocenters. The van der Waals surface area contributed by atoms with Gasteiger partial charge in [-0.3, -0.25) is 4.90 Å². The summed E-state index contributed by atoms with van der Waals surface area (Å²) in [5.74, 6) is 0.797. The molecule has 0 unspecified atom stereocenters. The minimum Gasteiger partial charge on any atom is -0.392 e. The minimum atomic E-state index is -0.0724. The van der Waals surface area contributed by atoms with Crippen molar-refractivity contribution in [2.24, 2.45) is 5.92 Å². The van der Waals surface area contributed by atoms with Gasteiger partial charge in [-0.05, 0) is 38.8 Å². The second-order valence-corrected chi connectivity index (χ2v) is 4.43. The van der Waals surface area contributed by atoms with Crippen molar-refractivity contribution in [2.45, 2.75) is 31.9 Å². The SMILES string of the molecule is C[C@H]([C@H]1CCNC1)N1CC[C@H](O)C1. The predicted molar refractivity (Wildman–Crippen MR) is 52.6 cm³/mol. The zero-order valence-corrected chi connectivity index (χ0v) is 8.37. The standard InChI is InChI=1S/C10H20N2O/c1-8(9-2-4-11-6-9)12-5-3-10(13)7-12/h8-11,13H,2-7H2,1H3/t8-,9+,10+/m1/s1. The van der Waals surface area contributed by atoms with E-state index in [1.807, 2.05) is 0 Å². The Morgan fingerprint density at radius 3 is 2.85 bits per heavy atom. The maximum atomic E-state index is 9.43. The highest BCUT2D eigenvalue weighted by molar-refractivity contribution is 4.86. The number of hydrogen-bond acceptors (Lipinski definition) is 3. The second-order valence-electron chi connectivity index (χ2n) is 4.43. The van der Waals surface area contributed by atoms with E-state index in [1.54, 1.807) is 0 Å². The third-order valence-electron chi connectivity index (χ3n) is 3.55. The topological polar surface area (TPSA) is 35.5 Å². The fourth-order valence-electron chi connectivity index (χ4n) is 2.52. The number of hydrogen-bond donors (Lipinski definition) is 2. The molecule has 76 valence electrons. The van der Waals surface area contributed by atoms with Crippen LogP contribution < -0.4 is 5.32 Å². The van der Waals surface area contributed by atoms with Gasteiger partial charge in [0.15, 0.2) is 0 Å². The molecule has 2 aliphatic heterocycles. The van der Waals surface area contributed by atoms with Crippen LogP contribution in [0.5, 0.6) is 0 Å². The molecule has 2 fully saturated rings. The molecule has 0 spiro atoms. The van der Waals surface area contributed by atoms with E-state index in [1.165, 1.54) is 13.0 Å². The summed E-state index contributed by atoms with van der Waals surface area (Å²) < 4.78 is 0. The first-order chi connectivity index (χ1) is 6.27. The first-order valence-electron chi connectivity index (χ1n) is 5.40. The van der Waals surface area contributed by atoms with Crippen LogP contribution in [0.25, 0.3) is 0 Å². The smallest absolute Gasteiger partial charge is 0.0679 e. The molecule has 2 N–H and O–H groups in total. The van der Waals surface area contributed by atoms with Gasteiger partial charge in [-0.15, -0.1) is 0 Å². The number of likely N-dealkylation sites (tertiary alicyclic amines) is 1. The lowest BCUT2D eigenvalue weighted by Crippen LogP contribution is -2.38. The van der Waals surface area contributed by atoms with E-state index < -0.39 is 0 Å². The van der Waals surface area contributed by atoms with Crippen molar-refractivity contribution in [2.75, 3.05) is 26.2 Å². The summed E-state index contributed by atoms with van der Waals surface area (Å²) in [6, 6.07) is 0.646. The molecule has 2 aliphatic rings. The van der Waals surface area contributed by atoms with Crippen LogP contribution in [0.15, 0.2) is 0 Å². The van der Waals surface area contributed by atoms with E-state index in [0.29, 0.717) is 6.04 Å². The number of aliphatic hydroxyl groups is 1. The summed E-state index contributed by atoms with van der Waals surface area (Å²) in [5, 5.41) is 12.8.